The maximum Gasteiger partial charge on any atom is 0.237 e. The van der Waals surface area contributed by atoms with Gasteiger partial charge in [-0.05, 0) is 113 Å². The number of amides is 1. The minimum Gasteiger partial charge on any atom is -0.361 e. The summed E-state index contributed by atoms with van der Waals surface area (Å²) < 4.78 is 19.6. The lowest BCUT2D eigenvalue weighted by molar-refractivity contribution is -0.123. The molecule has 5 N–H and O–H groups in total. The standard InChI is InChI=1S/C20H21FN2O.C15H25N3O/c1-23(2)11-3-10-20(17-5-7-18(21)8-6-17)19-9-4-15(13-22)12-16(19)14-24-20;1-12(11-13-7-3-2-4-8-13)18-15(19)14(17)9-5-6-10-16/h4-9,12H,3,10-11,14H2,1-2H3;2-4,7-8,12,14H,5-6,9-11,16-17H2,1H3,(H,18,19)/t20-;12-,14-/m00/s1. The summed E-state index contributed by atoms with van der Waals surface area (Å²) in [6, 6.07) is 24.2. The molecule has 3 aromatic rings. The third-order valence-electron chi connectivity index (χ3n) is 7.67. The predicted octanol–water partition coefficient (Wildman–Crippen LogP) is 5.00. The molecule has 0 unspecified atom stereocenters. The molecule has 0 aromatic heterocycles. The molecule has 1 amide bonds. The van der Waals surface area contributed by atoms with Crippen LogP contribution in [0.5, 0.6) is 0 Å². The van der Waals surface area contributed by atoms with Gasteiger partial charge in [0.1, 0.15) is 11.4 Å². The number of rotatable bonds is 13. The number of halogens is 1. The normalized spacial score (nSPS) is 16.9. The SMILES string of the molecule is CN(C)CCC[C@@]1(c2ccc(F)cc2)OCc2cc(C#N)ccc21.C[C@@H](Cc1ccccc1)NC(=O)[C@@H](N)CCCCN. The molecule has 0 fully saturated rings. The van der Waals surface area contributed by atoms with E-state index < -0.39 is 11.6 Å². The number of nitrogens with zero attached hydrogens (tertiary/aromatic N) is 2. The van der Waals surface area contributed by atoms with Crippen molar-refractivity contribution >= 4 is 5.91 Å². The first-order valence-corrected chi connectivity index (χ1v) is 15.1. The van der Waals surface area contributed by atoms with Gasteiger partial charge in [0.2, 0.25) is 5.91 Å². The molecule has 4 rings (SSSR count). The van der Waals surface area contributed by atoms with Crippen molar-refractivity contribution in [3.05, 3.63) is 106 Å². The third kappa shape index (κ3) is 9.97. The number of hydrogen-bond acceptors (Lipinski definition) is 6. The summed E-state index contributed by atoms with van der Waals surface area (Å²) in [4.78, 5) is 14.0. The largest absolute Gasteiger partial charge is 0.361 e. The molecule has 8 heteroatoms. The molecule has 0 saturated carbocycles. The van der Waals surface area contributed by atoms with Crippen LogP contribution in [0.4, 0.5) is 4.39 Å². The number of benzene rings is 3. The zero-order chi connectivity index (χ0) is 31.2. The Bertz CT molecular complexity index is 1330. The van der Waals surface area contributed by atoms with Crippen molar-refractivity contribution < 1.29 is 13.9 Å². The summed E-state index contributed by atoms with van der Waals surface area (Å²) in [6.45, 7) is 4.08. The fraction of sp³-hybridized carbons (Fsp3) is 0.429. The Kier molecular flexibility index (Phi) is 13.3. The van der Waals surface area contributed by atoms with Crippen molar-refractivity contribution in [2.24, 2.45) is 11.5 Å². The number of carbonyl (C=O) groups is 1. The Hall–Kier alpha value is -3.61. The first kappa shape index (κ1) is 33.9. The quantitative estimate of drug-likeness (QED) is 0.242. The molecule has 1 aliphatic heterocycles. The lowest BCUT2D eigenvalue weighted by Crippen LogP contribution is -2.45. The van der Waals surface area contributed by atoms with Gasteiger partial charge in [0, 0.05) is 6.04 Å². The van der Waals surface area contributed by atoms with Crippen molar-refractivity contribution in [1.29, 1.82) is 5.26 Å². The summed E-state index contributed by atoms with van der Waals surface area (Å²) in [6.07, 6.45) is 5.11. The second-order valence-corrected chi connectivity index (χ2v) is 11.5. The van der Waals surface area contributed by atoms with Crippen LogP contribution < -0.4 is 16.8 Å². The van der Waals surface area contributed by atoms with E-state index in [2.05, 4.69) is 28.4 Å². The van der Waals surface area contributed by atoms with E-state index in [-0.39, 0.29) is 17.8 Å². The number of nitrogens with two attached hydrogens (primary N) is 2. The molecule has 0 saturated heterocycles. The number of nitriles is 1. The van der Waals surface area contributed by atoms with E-state index in [1.165, 1.54) is 17.7 Å². The number of carbonyl (C=O) groups excluding carboxylic acids is 1. The van der Waals surface area contributed by atoms with Crippen LogP contribution in [-0.2, 0) is 28.2 Å². The molecule has 7 nitrogen and oxygen atoms in total. The Morgan fingerprint density at radius 3 is 2.47 bits per heavy atom. The molecule has 1 heterocycles. The highest BCUT2D eigenvalue weighted by Crippen LogP contribution is 2.45. The summed E-state index contributed by atoms with van der Waals surface area (Å²) in [5.41, 5.74) is 15.7. The van der Waals surface area contributed by atoms with Gasteiger partial charge in [0.15, 0.2) is 0 Å². The van der Waals surface area contributed by atoms with Crippen LogP contribution in [0.2, 0.25) is 0 Å². The molecular weight excluding hydrogens is 541 g/mol. The van der Waals surface area contributed by atoms with E-state index in [0.717, 1.165) is 55.3 Å². The molecule has 1 aliphatic rings. The van der Waals surface area contributed by atoms with Crippen molar-refractivity contribution in [2.75, 3.05) is 27.2 Å². The van der Waals surface area contributed by atoms with Crippen LogP contribution >= 0.6 is 0 Å². The second-order valence-electron chi connectivity index (χ2n) is 11.5. The molecule has 3 aromatic carbocycles. The Balaban J connectivity index is 0.000000243. The summed E-state index contributed by atoms with van der Waals surface area (Å²) >= 11 is 0. The highest BCUT2D eigenvalue weighted by molar-refractivity contribution is 5.81. The molecule has 0 spiro atoms. The smallest absolute Gasteiger partial charge is 0.237 e. The van der Waals surface area contributed by atoms with Crippen LogP contribution in [0.25, 0.3) is 0 Å². The van der Waals surface area contributed by atoms with Gasteiger partial charge in [-0.2, -0.15) is 5.26 Å². The van der Waals surface area contributed by atoms with Crippen LogP contribution in [0, 0.1) is 17.1 Å². The zero-order valence-corrected chi connectivity index (χ0v) is 25.7. The van der Waals surface area contributed by atoms with E-state index in [1.54, 1.807) is 12.1 Å². The number of fused-ring (bicyclic) bond motifs is 1. The molecule has 0 radical (unpaired) electrons. The zero-order valence-electron chi connectivity index (χ0n) is 25.7. The van der Waals surface area contributed by atoms with Crippen LogP contribution in [0.3, 0.4) is 0 Å². The molecule has 43 heavy (non-hydrogen) atoms. The summed E-state index contributed by atoms with van der Waals surface area (Å²) in [5.74, 6) is -0.319. The molecular formula is C35H46FN5O2. The fourth-order valence-corrected chi connectivity index (χ4v) is 5.42. The van der Waals surface area contributed by atoms with Crippen LogP contribution in [0.1, 0.15) is 66.8 Å². The van der Waals surface area contributed by atoms with Crippen LogP contribution in [0.15, 0.2) is 72.8 Å². The Morgan fingerprint density at radius 1 is 1.09 bits per heavy atom. The van der Waals surface area contributed by atoms with Crippen LogP contribution in [-0.4, -0.2) is 50.1 Å². The highest BCUT2D eigenvalue weighted by atomic mass is 19.1. The van der Waals surface area contributed by atoms with E-state index >= 15 is 0 Å². The third-order valence-corrected chi connectivity index (χ3v) is 7.67. The van der Waals surface area contributed by atoms with E-state index in [4.69, 9.17) is 21.5 Å². The first-order chi connectivity index (χ1) is 20.7. The number of ether oxygens (including phenoxy) is 1. The van der Waals surface area contributed by atoms with Gasteiger partial charge in [-0.25, -0.2) is 4.39 Å². The Morgan fingerprint density at radius 2 is 1.81 bits per heavy atom. The minimum atomic E-state index is -0.562. The monoisotopic (exact) mass is 587 g/mol. The molecule has 0 aliphatic carbocycles. The summed E-state index contributed by atoms with van der Waals surface area (Å²) in [7, 11) is 4.10. The molecule has 230 valence electrons. The number of hydrogen-bond donors (Lipinski definition) is 3. The lowest BCUT2D eigenvalue weighted by atomic mass is 9.81. The average Bonchev–Trinajstić information content (AvgIpc) is 3.36. The van der Waals surface area contributed by atoms with E-state index in [1.807, 2.05) is 57.4 Å². The maximum absolute atomic E-state index is 13.4. The van der Waals surface area contributed by atoms with Gasteiger partial charge in [-0.1, -0.05) is 55.0 Å². The van der Waals surface area contributed by atoms with Gasteiger partial charge in [0.25, 0.3) is 0 Å². The highest BCUT2D eigenvalue weighted by Gasteiger charge is 2.41. The predicted molar refractivity (Wildman–Crippen MR) is 170 cm³/mol. The number of nitrogens with one attached hydrogen (secondary N) is 1. The van der Waals surface area contributed by atoms with Crippen molar-refractivity contribution in [1.82, 2.24) is 10.2 Å². The maximum atomic E-state index is 13.4. The van der Waals surface area contributed by atoms with E-state index in [9.17, 15) is 9.18 Å². The van der Waals surface area contributed by atoms with Crippen molar-refractivity contribution in [3.8, 4) is 6.07 Å². The second kappa shape index (κ2) is 16.9. The van der Waals surface area contributed by atoms with Crippen molar-refractivity contribution in [2.45, 2.75) is 69.7 Å². The van der Waals surface area contributed by atoms with Crippen molar-refractivity contribution in [3.63, 3.8) is 0 Å². The lowest BCUT2D eigenvalue weighted by Gasteiger charge is -2.31. The average molecular weight is 588 g/mol. The first-order valence-electron chi connectivity index (χ1n) is 15.1. The topological polar surface area (TPSA) is 117 Å². The fourth-order valence-electron chi connectivity index (χ4n) is 5.42. The van der Waals surface area contributed by atoms with Gasteiger partial charge in [0.05, 0.1) is 24.3 Å². The molecule has 0 bridgehead atoms. The molecule has 3 atom stereocenters. The Labute approximate surface area is 256 Å². The van der Waals surface area contributed by atoms with Gasteiger partial charge < -0.3 is 26.4 Å². The minimum absolute atomic E-state index is 0.0690. The van der Waals surface area contributed by atoms with Gasteiger partial charge in [-0.3, -0.25) is 4.79 Å². The van der Waals surface area contributed by atoms with Gasteiger partial charge in [-0.15, -0.1) is 0 Å². The van der Waals surface area contributed by atoms with Gasteiger partial charge >= 0.3 is 0 Å². The van der Waals surface area contributed by atoms with E-state index in [0.29, 0.717) is 25.1 Å². The number of unbranched alkanes of at least 4 members (excludes halogenated alkanes) is 1. The summed E-state index contributed by atoms with van der Waals surface area (Å²) in [5, 5.41) is 12.1.